The highest BCUT2D eigenvalue weighted by atomic mass is 16.5. The molecule has 19 heavy (non-hydrogen) atoms. The summed E-state index contributed by atoms with van der Waals surface area (Å²) in [6.45, 7) is 6.37. The fourth-order valence-electron chi connectivity index (χ4n) is 2.63. The van der Waals surface area contributed by atoms with Gasteiger partial charge in [0.2, 0.25) is 11.8 Å². The lowest BCUT2D eigenvalue weighted by Gasteiger charge is -2.25. The highest BCUT2D eigenvalue weighted by Gasteiger charge is 2.26. The lowest BCUT2D eigenvalue weighted by atomic mass is 10.1. The molecule has 0 amide bonds. The molecular formula is C14H24N4O. The van der Waals surface area contributed by atoms with Crippen LogP contribution in [0.4, 0.5) is 5.95 Å². The first-order valence-corrected chi connectivity index (χ1v) is 7.19. The molecule has 1 aliphatic rings. The van der Waals surface area contributed by atoms with E-state index in [0.717, 1.165) is 37.6 Å². The summed E-state index contributed by atoms with van der Waals surface area (Å²) in [6, 6.07) is 2.41. The van der Waals surface area contributed by atoms with Crippen molar-refractivity contribution in [2.45, 2.75) is 45.6 Å². The summed E-state index contributed by atoms with van der Waals surface area (Å²) in [5, 5.41) is 0. The quantitative estimate of drug-likeness (QED) is 0.850. The van der Waals surface area contributed by atoms with E-state index in [0.29, 0.717) is 18.5 Å². The summed E-state index contributed by atoms with van der Waals surface area (Å²) < 4.78 is 5.51. The number of aryl methyl sites for hydroxylation is 1. The maximum atomic E-state index is 5.61. The van der Waals surface area contributed by atoms with Crippen molar-refractivity contribution in [2.75, 3.05) is 24.6 Å². The van der Waals surface area contributed by atoms with Crippen molar-refractivity contribution in [3.63, 3.8) is 0 Å². The summed E-state index contributed by atoms with van der Waals surface area (Å²) in [6.07, 6.45) is 4.60. The summed E-state index contributed by atoms with van der Waals surface area (Å²) in [7, 11) is 0. The molecule has 1 aromatic rings. The predicted octanol–water partition coefficient (Wildman–Crippen LogP) is 1.89. The number of rotatable bonds is 6. The summed E-state index contributed by atoms with van der Waals surface area (Å²) in [5.74, 6) is 1.48. The summed E-state index contributed by atoms with van der Waals surface area (Å²) in [5.41, 5.74) is 6.57. The number of anilines is 1. The minimum Gasteiger partial charge on any atom is -0.478 e. The van der Waals surface area contributed by atoms with Gasteiger partial charge in [-0.2, -0.15) is 4.98 Å². The third-order valence-electron chi connectivity index (χ3n) is 3.49. The highest BCUT2D eigenvalue weighted by molar-refractivity contribution is 5.37. The van der Waals surface area contributed by atoms with E-state index in [1.807, 2.05) is 19.9 Å². The van der Waals surface area contributed by atoms with E-state index in [9.17, 15) is 0 Å². The zero-order valence-electron chi connectivity index (χ0n) is 11.9. The molecule has 1 aliphatic heterocycles. The monoisotopic (exact) mass is 264 g/mol. The highest BCUT2D eigenvalue weighted by Crippen LogP contribution is 2.26. The number of nitrogens with two attached hydrogens (primary N) is 1. The van der Waals surface area contributed by atoms with Gasteiger partial charge in [-0.15, -0.1) is 0 Å². The van der Waals surface area contributed by atoms with E-state index in [4.69, 9.17) is 10.5 Å². The molecule has 5 nitrogen and oxygen atoms in total. The first kappa shape index (κ1) is 14.1. The molecule has 1 fully saturated rings. The predicted molar refractivity (Wildman–Crippen MR) is 76.6 cm³/mol. The molecule has 0 bridgehead atoms. The second-order valence-electron chi connectivity index (χ2n) is 5.00. The summed E-state index contributed by atoms with van der Waals surface area (Å²) >= 11 is 0. The van der Waals surface area contributed by atoms with Gasteiger partial charge in [0.05, 0.1) is 6.61 Å². The number of nitrogens with zero attached hydrogens (tertiary/aromatic N) is 3. The van der Waals surface area contributed by atoms with E-state index in [2.05, 4.69) is 14.9 Å². The van der Waals surface area contributed by atoms with Crippen molar-refractivity contribution in [3.05, 3.63) is 11.8 Å². The Labute approximate surface area is 115 Å². The van der Waals surface area contributed by atoms with Crippen molar-refractivity contribution in [1.29, 1.82) is 0 Å². The zero-order chi connectivity index (χ0) is 13.7. The molecule has 1 saturated heterocycles. The van der Waals surface area contributed by atoms with Gasteiger partial charge < -0.3 is 15.4 Å². The zero-order valence-corrected chi connectivity index (χ0v) is 11.9. The molecular weight excluding hydrogens is 240 g/mol. The molecule has 0 saturated carbocycles. The second-order valence-corrected chi connectivity index (χ2v) is 5.00. The molecule has 1 atom stereocenters. The van der Waals surface area contributed by atoms with Crippen molar-refractivity contribution >= 4 is 5.95 Å². The van der Waals surface area contributed by atoms with E-state index in [1.165, 1.54) is 12.8 Å². The number of ether oxygens (including phenoxy) is 1. The molecule has 2 N–H and O–H groups in total. The molecule has 0 aliphatic carbocycles. The fourth-order valence-corrected chi connectivity index (χ4v) is 2.63. The smallest absolute Gasteiger partial charge is 0.229 e. The topological polar surface area (TPSA) is 64.3 Å². The Morgan fingerprint density at radius 3 is 3.05 bits per heavy atom. The molecule has 0 spiro atoms. The Morgan fingerprint density at radius 1 is 1.47 bits per heavy atom. The fraction of sp³-hybridized carbons (Fsp3) is 0.714. The van der Waals surface area contributed by atoms with Gasteiger partial charge in [0, 0.05) is 24.3 Å². The van der Waals surface area contributed by atoms with Gasteiger partial charge in [0.15, 0.2) is 0 Å². The van der Waals surface area contributed by atoms with Gasteiger partial charge in [0.1, 0.15) is 0 Å². The average Bonchev–Trinajstić information content (AvgIpc) is 2.84. The lowest BCUT2D eigenvalue weighted by Crippen LogP contribution is -2.31. The van der Waals surface area contributed by atoms with Crippen LogP contribution in [0.2, 0.25) is 0 Å². The molecule has 0 aromatic carbocycles. The Bertz CT molecular complexity index is 410. The van der Waals surface area contributed by atoms with Crippen LogP contribution in [0.25, 0.3) is 0 Å². The third-order valence-corrected chi connectivity index (χ3v) is 3.49. The van der Waals surface area contributed by atoms with Gasteiger partial charge in [-0.3, -0.25) is 0 Å². The molecule has 1 aromatic heterocycles. The maximum absolute atomic E-state index is 5.61. The average molecular weight is 264 g/mol. The van der Waals surface area contributed by atoms with E-state index >= 15 is 0 Å². The Balaban J connectivity index is 2.15. The Morgan fingerprint density at radius 2 is 2.32 bits per heavy atom. The molecule has 1 unspecified atom stereocenters. The third kappa shape index (κ3) is 3.56. The second kappa shape index (κ2) is 6.70. The van der Waals surface area contributed by atoms with Gasteiger partial charge >= 0.3 is 0 Å². The van der Waals surface area contributed by atoms with Gasteiger partial charge in [-0.05, 0) is 46.1 Å². The van der Waals surface area contributed by atoms with Crippen molar-refractivity contribution in [2.24, 2.45) is 5.73 Å². The molecule has 0 radical (unpaired) electrons. The molecule has 2 heterocycles. The number of hydrogen-bond acceptors (Lipinski definition) is 5. The Kier molecular flexibility index (Phi) is 4.96. The van der Waals surface area contributed by atoms with Crippen molar-refractivity contribution < 1.29 is 4.74 Å². The van der Waals surface area contributed by atoms with Crippen LogP contribution in [0, 0.1) is 6.92 Å². The van der Waals surface area contributed by atoms with Crippen LogP contribution in [0.1, 0.15) is 38.3 Å². The number of aromatic nitrogens is 2. The van der Waals surface area contributed by atoms with Crippen molar-refractivity contribution in [1.82, 2.24) is 9.97 Å². The normalized spacial score (nSPS) is 18.9. The minimum atomic E-state index is 0.528. The van der Waals surface area contributed by atoms with Crippen LogP contribution >= 0.6 is 0 Å². The lowest BCUT2D eigenvalue weighted by molar-refractivity contribution is 0.325. The van der Waals surface area contributed by atoms with E-state index < -0.39 is 0 Å². The van der Waals surface area contributed by atoms with Crippen LogP contribution in [-0.2, 0) is 0 Å². The van der Waals surface area contributed by atoms with Crippen LogP contribution in [0.5, 0.6) is 5.88 Å². The SMILES string of the molecule is CCOc1cc(C)nc(N2CCCC2CCCN)n1. The standard InChI is InChI=1S/C14H24N4O/c1-3-19-13-10-11(2)16-14(17-13)18-9-5-7-12(18)6-4-8-15/h10,12H,3-9,15H2,1-2H3. The molecule has 5 heteroatoms. The minimum absolute atomic E-state index is 0.528. The van der Waals surface area contributed by atoms with Crippen LogP contribution < -0.4 is 15.4 Å². The maximum Gasteiger partial charge on any atom is 0.229 e. The van der Waals surface area contributed by atoms with E-state index in [-0.39, 0.29) is 0 Å². The van der Waals surface area contributed by atoms with Gasteiger partial charge in [-0.25, -0.2) is 4.98 Å². The van der Waals surface area contributed by atoms with E-state index in [1.54, 1.807) is 0 Å². The first-order chi connectivity index (χ1) is 9.24. The number of hydrogen-bond donors (Lipinski definition) is 1. The van der Waals surface area contributed by atoms with Crippen LogP contribution in [0.3, 0.4) is 0 Å². The van der Waals surface area contributed by atoms with Crippen molar-refractivity contribution in [3.8, 4) is 5.88 Å². The van der Waals surface area contributed by atoms with Gasteiger partial charge in [-0.1, -0.05) is 0 Å². The summed E-state index contributed by atoms with van der Waals surface area (Å²) in [4.78, 5) is 11.4. The Hall–Kier alpha value is -1.36. The van der Waals surface area contributed by atoms with Gasteiger partial charge in [0.25, 0.3) is 0 Å². The molecule has 106 valence electrons. The largest absolute Gasteiger partial charge is 0.478 e. The first-order valence-electron chi connectivity index (χ1n) is 7.19. The molecule has 2 rings (SSSR count). The van der Waals surface area contributed by atoms with Crippen LogP contribution in [-0.4, -0.2) is 35.7 Å². The van der Waals surface area contributed by atoms with Crippen LogP contribution in [0.15, 0.2) is 6.07 Å².